The van der Waals surface area contributed by atoms with Gasteiger partial charge in [-0.3, -0.25) is 0 Å². The Hall–Kier alpha value is 0.680. The summed E-state index contributed by atoms with van der Waals surface area (Å²) in [6, 6.07) is 1.50. The van der Waals surface area contributed by atoms with Crippen molar-refractivity contribution < 1.29 is 16.8 Å². The first-order valence-electron chi connectivity index (χ1n) is 5.80. The second-order valence-electron chi connectivity index (χ2n) is 4.46. The third-order valence-corrected chi connectivity index (χ3v) is 10.3. The van der Waals surface area contributed by atoms with Crippen LogP contribution in [0, 0.1) is 0 Å². The van der Waals surface area contributed by atoms with Gasteiger partial charge in [-0.2, -0.15) is 16.1 Å². The minimum absolute atomic E-state index is 0.0868. The number of sulfonamides is 1. The Kier molecular flexibility index (Phi) is 5.72. The zero-order valence-corrected chi connectivity index (χ0v) is 16.6. The fraction of sp³-hybridized carbons (Fsp3) is 0.600. The molecule has 0 spiro atoms. The van der Waals surface area contributed by atoms with E-state index in [1.807, 2.05) is 0 Å². The molecule has 1 aliphatic rings. The molecule has 11 heteroatoms. The van der Waals surface area contributed by atoms with Gasteiger partial charge in [0.1, 0.15) is 10.3 Å². The molecular formula is C10H13BrClNO4S4. The second-order valence-corrected chi connectivity index (χ2v) is 12.4. The van der Waals surface area contributed by atoms with Crippen LogP contribution in [0.3, 0.4) is 0 Å². The van der Waals surface area contributed by atoms with Crippen molar-refractivity contribution in [1.82, 2.24) is 4.31 Å². The first kappa shape index (κ1) is 18.0. The zero-order chi connectivity index (χ0) is 15.8. The van der Waals surface area contributed by atoms with E-state index in [0.29, 0.717) is 14.4 Å². The summed E-state index contributed by atoms with van der Waals surface area (Å²) in [4.78, 5) is 0.799. The van der Waals surface area contributed by atoms with E-state index in [2.05, 4.69) is 15.9 Å². The third-order valence-electron chi connectivity index (χ3n) is 2.96. The quantitative estimate of drug-likeness (QED) is 0.653. The molecule has 1 atom stereocenters. The summed E-state index contributed by atoms with van der Waals surface area (Å²) < 4.78 is 50.8. The van der Waals surface area contributed by atoms with E-state index in [1.165, 1.54) is 29.2 Å². The predicted molar refractivity (Wildman–Crippen MR) is 91.4 cm³/mol. The van der Waals surface area contributed by atoms with Crippen molar-refractivity contribution in [3.63, 3.8) is 0 Å². The van der Waals surface area contributed by atoms with E-state index in [1.54, 1.807) is 0 Å². The molecule has 0 aromatic carbocycles. The normalized spacial score (nSPS) is 21.6. The van der Waals surface area contributed by atoms with Gasteiger partial charge < -0.3 is 0 Å². The largest absolute Gasteiger partial charge is 0.246 e. The maximum atomic E-state index is 12.8. The molecule has 5 nitrogen and oxygen atoms in total. The van der Waals surface area contributed by atoms with Crippen LogP contribution < -0.4 is 0 Å². The maximum absolute atomic E-state index is 12.8. The number of thiophene rings is 1. The van der Waals surface area contributed by atoms with Crippen LogP contribution in [-0.4, -0.2) is 50.8 Å². The van der Waals surface area contributed by atoms with Gasteiger partial charge in [0.25, 0.3) is 0 Å². The maximum Gasteiger partial charge on any atom is 0.246 e. The Morgan fingerprint density at radius 1 is 1.43 bits per heavy atom. The van der Waals surface area contributed by atoms with Crippen LogP contribution in [0.2, 0.25) is 0 Å². The van der Waals surface area contributed by atoms with Crippen molar-refractivity contribution >= 4 is 70.5 Å². The van der Waals surface area contributed by atoms with E-state index in [4.69, 9.17) is 11.6 Å². The molecule has 1 aromatic rings. The molecule has 21 heavy (non-hydrogen) atoms. The molecule has 1 aliphatic heterocycles. The summed E-state index contributed by atoms with van der Waals surface area (Å²) in [6.45, 7) is 0.184. The van der Waals surface area contributed by atoms with Gasteiger partial charge >= 0.3 is 0 Å². The number of alkyl halides is 1. The number of thioether (sulfide) groups is 1. The van der Waals surface area contributed by atoms with Crippen LogP contribution in [0.1, 0.15) is 4.88 Å². The third kappa shape index (κ3) is 3.78. The molecule has 120 valence electrons. The molecule has 0 bridgehead atoms. The van der Waals surface area contributed by atoms with E-state index in [9.17, 15) is 16.8 Å². The van der Waals surface area contributed by atoms with Gasteiger partial charge in [-0.05, 0) is 22.0 Å². The minimum Gasteiger partial charge on any atom is -0.227 e. The molecule has 1 saturated heterocycles. The smallest absolute Gasteiger partial charge is 0.227 e. The highest BCUT2D eigenvalue weighted by Crippen LogP contribution is 2.36. The first-order valence-corrected chi connectivity index (χ1v) is 12.5. The molecule has 0 radical (unpaired) electrons. The molecule has 0 saturated carbocycles. The molecule has 1 fully saturated rings. The summed E-state index contributed by atoms with van der Waals surface area (Å²) in [5.41, 5.74) is 0. The van der Waals surface area contributed by atoms with Crippen molar-refractivity contribution in [2.45, 2.75) is 16.1 Å². The highest BCUT2D eigenvalue weighted by atomic mass is 79.9. The first-order chi connectivity index (χ1) is 9.67. The van der Waals surface area contributed by atoms with E-state index < -0.39 is 25.2 Å². The summed E-state index contributed by atoms with van der Waals surface area (Å²) in [6.07, 6.45) is 1.07. The fourth-order valence-corrected chi connectivity index (χ4v) is 9.84. The Balaban J connectivity index is 2.48. The number of nitrogens with zero attached hydrogens (tertiary/aromatic N) is 1. The number of hydrogen-bond acceptors (Lipinski definition) is 6. The summed E-state index contributed by atoms with van der Waals surface area (Å²) in [5.74, 6) is 1.04. The van der Waals surface area contributed by atoms with Crippen LogP contribution in [0.15, 0.2) is 14.7 Å². The average Bonchev–Trinajstić information content (AvgIpc) is 2.80. The average molecular weight is 455 g/mol. The van der Waals surface area contributed by atoms with Crippen LogP contribution in [0.25, 0.3) is 0 Å². The molecule has 1 aromatic heterocycles. The van der Waals surface area contributed by atoms with Gasteiger partial charge in [0.05, 0.1) is 9.67 Å². The van der Waals surface area contributed by atoms with E-state index >= 15 is 0 Å². The molecule has 2 heterocycles. The highest BCUT2D eigenvalue weighted by molar-refractivity contribution is 9.11. The van der Waals surface area contributed by atoms with Gasteiger partial charge in [-0.25, -0.2) is 16.8 Å². The van der Waals surface area contributed by atoms with Crippen LogP contribution in [0.5, 0.6) is 0 Å². The predicted octanol–water partition coefficient (Wildman–Crippen LogP) is 2.36. The van der Waals surface area contributed by atoms with Crippen molar-refractivity contribution in [2.75, 3.05) is 24.3 Å². The lowest BCUT2D eigenvalue weighted by molar-refractivity contribution is 0.405. The molecule has 2 rings (SSSR count). The van der Waals surface area contributed by atoms with Gasteiger partial charge in [0.15, 0.2) is 9.84 Å². The Morgan fingerprint density at radius 2 is 2.10 bits per heavy atom. The summed E-state index contributed by atoms with van der Waals surface area (Å²) in [5, 5.41) is -1.02. The fourth-order valence-electron chi connectivity index (χ4n) is 1.94. The Bertz CT molecular complexity index is 730. The topological polar surface area (TPSA) is 71.5 Å². The van der Waals surface area contributed by atoms with Crippen molar-refractivity contribution in [2.24, 2.45) is 0 Å². The number of halogens is 2. The van der Waals surface area contributed by atoms with Gasteiger partial charge in [-0.1, -0.05) is 0 Å². The summed E-state index contributed by atoms with van der Waals surface area (Å²) >= 11 is 11.6. The Morgan fingerprint density at radius 3 is 2.62 bits per heavy atom. The lowest BCUT2D eigenvalue weighted by Crippen LogP contribution is -2.49. The van der Waals surface area contributed by atoms with Crippen LogP contribution in [-0.2, 0) is 25.7 Å². The molecular weight excluding hydrogens is 442 g/mol. The molecule has 0 N–H and O–H groups in total. The van der Waals surface area contributed by atoms with E-state index in [-0.39, 0.29) is 23.1 Å². The van der Waals surface area contributed by atoms with Crippen LogP contribution in [0.4, 0.5) is 0 Å². The summed E-state index contributed by atoms with van der Waals surface area (Å²) in [7, 11) is -7.36. The van der Waals surface area contributed by atoms with Crippen LogP contribution >= 0.6 is 50.6 Å². The number of hydrogen-bond donors (Lipinski definition) is 0. The standard InChI is InChI=1S/C10H13BrClNO4S4/c1-20(14,15)9-6-18-3-2-13(9)21(16,17)8-4-7(5-12)19-10(8)11/h4,9H,2-3,5-6H2,1H3. The van der Waals surface area contributed by atoms with Gasteiger partial charge in [0, 0.05) is 29.2 Å². The molecule has 0 amide bonds. The van der Waals surface area contributed by atoms with E-state index in [0.717, 1.165) is 10.6 Å². The zero-order valence-electron chi connectivity index (χ0n) is 11.0. The van der Waals surface area contributed by atoms with Crippen molar-refractivity contribution in [3.8, 4) is 0 Å². The van der Waals surface area contributed by atoms with Gasteiger partial charge in [0.2, 0.25) is 10.0 Å². The molecule has 0 aliphatic carbocycles. The monoisotopic (exact) mass is 453 g/mol. The second kappa shape index (κ2) is 6.66. The number of sulfone groups is 1. The van der Waals surface area contributed by atoms with Gasteiger partial charge in [-0.15, -0.1) is 22.9 Å². The minimum atomic E-state index is -3.87. The SMILES string of the molecule is CS(=O)(=O)C1CSCCN1S(=O)(=O)c1cc(CCl)sc1Br. The highest BCUT2D eigenvalue weighted by Gasteiger charge is 2.40. The Labute approximate surface area is 146 Å². The lowest BCUT2D eigenvalue weighted by atomic mass is 10.5. The van der Waals surface area contributed by atoms with Crippen molar-refractivity contribution in [1.29, 1.82) is 0 Å². The van der Waals surface area contributed by atoms with Crippen molar-refractivity contribution in [3.05, 3.63) is 14.7 Å². The lowest BCUT2D eigenvalue weighted by Gasteiger charge is -2.32. The number of rotatable bonds is 4. The molecule has 1 unspecified atom stereocenters.